The van der Waals surface area contributed by atoms with Gasteiger partial charge in [0.05, 0.1) is 32.1 Å². The summed E-state index contributed by atoms with van der Waals surface area (Å²) in [5.41, 5.74) is 1.59. The van der Waals surface area contributed by atoms with Crippen molar-refractivity contribution in [3.05, 3.63) is 17.5 Å². The average Bonchev–Trinajstić information content (AvgIpc) is 2.54. The standard InChI is InChI=1S/C9H16N2O3/c1-11-5-8(6-12)9(10-11)7-14-4-3-13-2/h5,12H,3-4,6-7H2,1-2H3. The minimum atomic E-state index is -0.00316. The molecule has 1 N–H and O–H groups in total. The van der Waals surface area contributed by atoms with Crippen LogP contribution in [0, 0.1) is 0 Å². The molecule has 0 unspecified atom stereocenters. The minimum Gasteiger partial charge on any atom is -0.392 e. The van der Waals surface area contributed by atoms with Gasteiger partial charge in [-0.05, 0) is 0 Å². The van der Waals surface area contributed by atoms with Gasteiger partial charge in [0.2, 0.25) is 0 Å². The van der Waals surface area contributed by atoms with Crippen LogP contribution in [0.5, 0.6) is 0 Å². The Kier molecular flexibility index (Phi) is 4.58. The molecule has 0 amide bonds. The number of nitrogens with zero attached hydrogens (tertiary/aromatic N) is 2. The summed E-state index contributed by atoms with van der Waals surface area (Å²) in [6.07, 6.45) is 1.79. The fraction of sp³-hybridized carbons (Fsp3) is 0.667. The van der Waals surface area contributed by atoms with Crippen molar-refractivity contribution in [3.8, 4) is 0 Å². The lowest BCUT2D eigenvalue weighted by Gasteiger charge is -2.01. The predicted octanol–water partition coefficient (Wildman–Crippen LogP) is 0.0754. The monoisotopic (exact) mass is 200 g/mol. The van der Waals surface area contributed by atoms with Crippen molar-refractivity contribution in [2.45, 2.75) is 13.2 Å². The second-order valence-electron chi connectivity index (χ2n) is 2.98. The van der Waals surface area contributed by atoms with Gasteiger partial charge in [0.25, 0.3) is 0 Å². The van der Waals surface area contributed by atoms with Crippen LogP contribution in [0.2, 0.25) is 0 Å². The maximum absolute atomic E-state index is 9.00. The molecular formula is C9H16N2O3. The molecule has 1 aromatic rings. The zero-order chi connectivity index (χ0) is 10.4. The van der Waals surface area contributed by atoms with Crippen molar-refractivity contribution in [2.24, 2.45) is 7.05 Å². The van der Waals surface area contributed by atoms with E-state index in [1.165, 1.54) is 0 Å². The van der Waals surface area contributed by atoms with E-state index >= 15 is 0 Å². The first-order chi connectivity index (χ1) is 6.77. The molecule has 0 atom stereocenters. The molecule has 0 spiro atoms. The number of aliphatic hydroxyl groups excluding tert-OH is 1. The lowest BCUT2D eigenvalue weighted by molar-refractivity contribution is 0.0593. The molecule has 0 saturated heterocycles. The van der Waals surface area contributed by atoms with E-state index in [9.17, 15) is 0 Å². The van der Waals surface area contributed by atoms with Crippen molar-refractivity contribution in [3.63, 3.8) is 0 Å². The molecule has 1 rings (SSSR count). The van der Waals surface area contributed by atoms with E-state index in [1.807, 2.05) is 7.05 Å². The number of ether oxygens (including phenoxy) is 2. The molecular weight excluding hydrogens is 184 g/mol. The van der Waals surface area contributed by atoms with Gasteiger partial charge in [-0.25, -0.2) is 0 Å². The van der Waals surface area contributed by atoms with E-state index in [2.05, 4.69) is 5.10 Å². The van der Waals surface area contributed by atoms with Crippen LogP contribution >= 0.6 is 0 Å². The van der Waals surface area contributed by atoms with E-state index in [0.717, 1.165) is 11.3 Å². The van der Waals surface area contributed by atoms with Crippen molar-refractivity contribution >= 4 is 0 Å². The van der Waals surface area contributed by atoms with E-state index in [-0.39, 0.29) is 6.61 Å². The quantitative estimate of drug-likeness (QED) is 0.660. The van der Waals surface area contributed by atoms with Crippen molar-refractivity contribution < 1.29 is 14.6 Å². The zero-order valence-corrected chi connectivity index (χ0v) is 8.56. The normalized spacial score (nSPS) is 10.8. The highest BCUT2D eigenvalue weighted by atomic mass is 16.5. The van der Waals surface area contributed by atoms with Gasteiger partial charge in [-0.2, -0.15) is 5.10 Å². The molecule has 0 aromatic carbocycles. The Bertz CT molecular complexity index is 273. The molecule has 5 nitrogen and oxygen atoms in total. The Morgan fingerprint density at radius 1 is 1.50 bits per heavy atom. The fourth-order valence-corrected chi connectivity index (χ4v) is 1.15. The van der Waals surface area contributed by atoms with Crippen molar-refractivity contribution in [2.75, 3.05) is 20.3 Å². The lowest BCUT2D eigenvalue weighted by atomic mass is 10.3. The van der Waals surface area contributed by atoms with Gasteiger partial charge < -0.3 is 14.6 Å². The Balaban J connectivity index is 2.41. The fourth-order valence-electron chi connectivity index (χ4n) is 1.15. The van der Waals surface area contributed by atoms with Crippen LogP contribution in [0.1, 0.15) is 11.3 Å². The zero-order valence-electron chi connectivity index (χ0n) is 8.56. The summed E-state index contributed by atoms with van der Waals surface area (Å²) in [5.74, 6) is 0. The molecule has 1 heterocycles. The SMILES string of the molecule is COCCOCc1nn(C)cc1CO. The molecule has 0 bridgehead atoms. The Morgan fingerprint density at radius 2 is 2.29 bits per heavy atom. The predicted molar refractivity (Wildman–Crippen MR) is 50.7 cm³/mol. The molecule has 80 valence electrons. The van der Waals surface area contributed by atoms with Crippen LogP contribution in [0.15, 0.2) is 6.20 Å². The van der Waals surface area contributed by atoms with Gasteiger partial charge in [0, 0.05) is 25.9 Å². The van der Waals surface area contributed by atoms with Crippen molar-refractivity contribution in [1.82, 2.24) is 9.78 Å². The second-order valence-corrected chi connectivity index (χ2v) is 2.98. The van der Waals surface area contributed by atoms with Crippen LogP contribution in [-0.4, -0.2) is 35.2 Å². The summed E-state index contributed by atoms with van der Waals surface area (Å²) in [6, 6.07) is 0. The molecule has 5 heteroatoms. The third-order valence-corrected chi connectivity index (χ3v) is 1.83. The molecule has 0 aliphatic rings. The van der Waals surface area contributed by atoms with Gasteiger partial charge in [-0.1, -0.05) is 0 Å². The summed E-state index contributed by atoms with van der Waals surface area (Å²) < 4.78 is 11.8. The molecule has 14 heavy (non-hydrogen) atoms. The highest BCUT2D eigenvalue weighted by Crippen LogP contribution is 2.07. The van der Waals surface area contributed by atoms with Gasteiger partial charge in [0.1, 0.15) is 0 Å². The number of hydrogen-bond acceptors (Lipinski definition) is 4. The summed E-state index contributed by atoms with van der Waals surface area (Å²) >= 11 is 0. The summed E-state index contributed by atoms with van der Waals surface area (Å²) in [6.45, 7) is 1.52. The summed E-state index contributed by atoms with van der Waals surface area (Å²) in [7, 11) is 3.45. The van der Waals surface area contributed by atoms with Crippen LogP contribution < -0.4 is 0 Å². The highest BCUT2D eigenvalue weighted by Gasteiger charge is 2.05. The second kappa shape index (κ2) is 5.74. The van der Waals surface area contributed by atoms with Gasteiger partial charge in [0.15, 0.2) is 0 Å². The van der Waals surface area contributed by atoms with Crippen LogP contribution in [0.25, 0.3) is 0 Å². The molecule has 0 fully saturated rings. The Morgan fingerprint density at radius 3 is 2.93 bits per heavy atom. The van der Waals surface area contributed by atoms with Gasteiger partial charge in [-0.15, -0.1) is 0 Å². The van der Waals surface area contributed by atoms with E-state index in [0.29, 0.717) is 19.8 Å². The minimum absolute atomic E-state index is 0.00316. The molecule has 0 saturated carbocycles. The number of aryl methyl sites for hydroxylation is 1. The first kappa shape index (κ1) is 11.2. The number of hydrogen-bond donors (Lipinski definition) is 1. The molecule has 0 radical (unpaired) electrons. The average molecular weight is 200 g/mol. The number of aliphatic hydroxyl groups is 1. The van der Waals surface area contributed by atoms with Gasteiger partial charge in [-0.3, -0.25) is 4.68 Å². The first-order valence-electron chi connectivity index (χ1n) is 4.47. The van der Waals surface area contributed by atoms with E-state index < -0.39 is 0 Å². The third-order valence-electron chi connectivity index (χ3n) is 1.83. The van der Waals surface area contributed by atoms with Gasteiger partial charge >= 0.3 is 0 Å². The topological polar surface area (TPSA) is 56.5 Å². The van der Waals surface area contributed by atoms with Crippen molar-refractivity contribution in [1.29, 1.82) is 0 Å². The summed E-state index contributed by atoms with van der Waals surface area (Å²) in [4.78, 5) is 0. The Labute approximate surface area is 83.2 Å². The molecule has 0 aliphatic carbocycles. The summed E-state index contributed by atoms with van der Waals surface area (Å²) in [5, 5.41) is 13.2. The van der Waals surface area contributed by atoms with E-state index in [4.69, 9.17) is 14.6 Å². The largest absolute Gasteiger partial charge is 0.392 e. The maximum Gasteiger partial charge on any atom is 0.0936 e. The first-order valence-corrected chi connectivity index (χ1v) is 4.47. The maximum atomic E-state index is 9.00. The van der Waals surface area contributed by atoms with Crippen LogP contribution in [0.4, 0.5) is 0 Å². The molecule has 0 aliphatic heterocycles. The van der Waals surface area contributed by atoms with Crippen LogP contribution in [-0.2, 0) is 29.7 Å². The number of methoxy groups -OCH3 is 1. The lowest BCUT2D eigenvalue weighted by Crippen LogP contribution is -2.03. The Hall–Kier alpha value is -0.910. The third kappa shape index (κ3) is 3.10. The van der Waals surface area contributed by atoms with Crippen LogP contribution in [0.3, 0.4) is 0 Å². The smallest absolute Gasteiger partial charge is 0.0936 e. The number of rotatable bonds is 6. The highest BCUT2D eigenvalue weighted by molar-refractivity contribution is 5.14. The van der Waals surface area contributed by atoms with E-state index in [1.54, 1.807) is 18.0 Å². The number of aromatic nitrogens is 2. The molecule has 1 aromatic heterocycles.